The highest BCUT2D eigenvalue weighted by atomic mass is 35.5. The Morgan fingerprint density at radius 1 is 1.24 bits per heavy atom. The molecule has 1 unspecified atom stereocenters. The number of rotatable bonds is 7. The lowest BCUT2D eigenvalue weighted by Crippen LogP contribution is -2.35. The standard InChI is InChI=1S/C26H25ClFN3O2/c1-17(12-25(32)33)15-31-11-10-24-21(16-31)14-29-26(30-24)20-6-3-18(4-7-20)2-5-19-8-9-22(27)13-23(19)28/h2-9,13-14,17H,10-12,15-16H2,1H3,(H,32,33)/b5-2+. The second-order valence-electron chi connectivity index (χ2n) is 8.47. The summed E-state index contributed by atoms with van der Waals surface area (Å²) >= 11 is 5.80. The zero-order valence-electron chi connectivity index (χ0n) is 18.3. The molecule has 1 aliphatic heterocycles. The predicted molar refractivity (Wildman–Crippen MR) is 128 cm³/mol. The lowest BCUT2D eigenvalue weighted by atomic mass is 10.0. The molecule has 1 atom stereocenters. The van der Waals surface area contributed by atoms with Crippen LogP contribution < -0.4 is 0 Å². The first kappa shape index (κ1) is 23.1. The monoisotopic (exact) mass is 465 g/mol. The van der Waals surface area contributed by atoms with Gasteiger partial charge in [-0.1, -0.05) is 61.0 Å². The fourth-order valence-electron chi connectivity index (χ4n) is 4.04. The van der Waals surface area contributed by atoms with E-state index in [0.717, 1.165) is 48.4 Å². The van der Waals surface area contributed by atoms with Crippen molar-refractivity contribution in [2.45, 2.75) is 26.3 Å². The fourth-order valence-corrected chi connectivity index (χ4v) is 4.20. The van der Waals surface area contributed by atoms with Crippen LogP contribution in [0.25, 0.3) is 23.5 Å². The Morgan fingerprint density at radius 2 is 2.03 bits per heavy atom. The summed E-state index contributed by atoms with van der Waals surface area (Å²) in [6.07, 6.45) is 6.45. The summed E-state index contributed by atoms with van der Waals surface area (Å²) in [5, 5.41) is 9.34. The van der Waals surface area contributed by atoms with Crippen LogP contribution in [-0.2, 0) is 17.8 Å². The van der Waals surface area contributed by atoms with Crippen molar-refractivity contribution in [2.75, 3.05) is 13.1 Å². The topological polar surface area (TPSA) is 66.3 Å². The van der Waals surface area contributed by atoms with Gasteiger partial charge in [-0.15, -0.1) is 0 Å². The molecule has 1 aliphatic rings. The van der Waals surface area contributed by atoms with Crippen molar-refractivity contribution in [2.24, 2.45) is 5.92 Å². The predicted octanol–water partition coefficient (Wildman–Crippen LogP) is 5.58. The molecule has 2 heterocycles. The van der Waals surface area contributed by atoms with E-state index in [-0.39, 0.29) is 18.2 Å². The SMILES string of the molecule is CC(CC(=O)O)CN1CCc2nc(-c3ccc(/C=C/c4ccc(Cl)cc4F)cc3)ncc2C1. The van der Waals surface area contributed by atoms with Gasteiger partial charge in [0.1, 0.15) is 5.82 Å². The maximum atomic E-state index is 13.9. The molecule has 0 spiro atoms. The lowest BCUT2D eigenvalue weighted by Gasteiger charge is -2.29. The van der Waals surface area contributed by atoms with Crippen LogP contribution in [0, 0.1) is 11.7 Å². The number of aromatic nitrogens is 2. The van der Waals surface area contributed by atoms with Gasteiger partial charge in [0.05, 0.1) is 5.69 Å². The van der Waals surface area contributed by atoms with Crippen LogP contribution in [0.3, 0.4) is 0 Å². The minimum atomic E-state index is -0.758. The molecule has 170 valence electrons. The quantitative estimate of drug-likeness (QED) is 0.462. The Balaban J connectivity index is 1.42. The highest BCUT2D eigenvalue weighted by Crippen LogP contribution is 2.23. The number of nitrogens with zero attached hydrogens (tertiary/aromatic N) is 3. The van der Waals surface area contributed by atoms with Crippen molar-refractivity contribution in [3.8, 4) is 11.4 Å². The van der Waals surface area contributed by atoms with Gasteiger partial charge >= 0.3 is 5.97 Å². The number of carbonyl (C=O) groups is 1. The minimum absolute atomic E-state index is 0.105. The van der Waals surface area contributed by atoms with Gasteiger partial charge in [-0.05, 0) is 23.6 Å². The van der Waals surface area contributed by atoms with Crippen molar-refractivity contribution >= 4 is 29.7 Å². The highest BCUT2D eigenvalue weighted by molar-refractivity contribution is 6.30. The van der Waals surface area contributed by atoms with Gasteiger partial charge in [0.2, 0.25) is 0 Å². The van der Waals surface area contributed by atoms with Gasteiger partial charge < -0.3 is 5.11 Å². The summed E-state index contributed by atoms with van der Waals surface area (Å²) in [4.78, 5) is 22.5. The number of halogens is 2. The molecule has 33 heavy (non-hydrogen) atoms. The average molecular weight is 466 g/mol. The van der Waals surface area contributed by atoms with E-state index in [4.69, 9.17) is 21.7 Å². The molecule has 0 fully saturated rings. The molecule has 0 aliphatic carbocycles. The third kappa shape index (κ3) is 6.03. The molecular formula is C26H25ClFN3O2. The molecule has 4 rings (SSSR count). The molecule has 1 aromatic heterocycles. The number of hydrogen-bond donors (Lipinski definition) is 1. The van der Waals surface area contributed by atoms with Gasteiger partial charge in [0.25, 0.3) is 0 Å². The largest absolute Gasteiger partial charge is 0.481 e. The number of carboxylic acid groups (broad SMARTS) is 1. The van der Waals surface area contributed by atoms with E-state index in [0.29, 0.717) is 16.4 Å². The zero-order chi connectivity index (χ0) is 23.4. The first-order chi connectivity index (χ1) is 15.9. The van der Waals surface area contributed by atoms with Gasteiger partial charge in [-0.25, -0.2) is 14.4 Å². The summed E-state index contributed by atoms with van der Waals surface area (Å²) in [7, 11) is 0. The Morgan fingerprint density at radius 3 is 2.76 bits per heavy atom. The van der Waals surface area contributed by atoms with E-state index in [9.17, 15) is 9.18 Å². The Bertz CT molecular complexity index is 1180. The normalized spacial score (nSPS) is 14.9. The molecule has 0 saturated heterocycles. The Kier molecular flexibility index (Phi) is 7.16. The molecular weight excluding hydrogens is 441 g/mol. The summed E-state index contributed by atoms with van der Waals surface area (Å²) in [5.74, 6) is -0.326. The van der Waals surface area contributed by atoms with Gasteiger partial charge in [-0.3, -0.25) is 9.69 Å². The minimum Gasteiger partial charge on any atom is -0.481 e. The van der Waals surface area contributed by atoms with Gasteiger partial charge in [0.15, 0.2) is 5.82 Å². The van der Waals surface area contributed by atoms with Crippen molar-refractivity contribution < 1.29 is 14.3 Å². The molecule has 0 radical (unpaired) electrons. The first-order valence-electron chi connectivity index (χ1n) is 10.9. The molecule has 5 nitrogen and oxygen atoms in total. The third-order valence-corrected chi connectivity index (χ3v) is 5.93. The van der Waals surface area contributed by atoms with Crippen LogP contribution in [-0.4, -0.2) is 39.0 Å². The second kappa shape index (κ2) is 10.2. The number of fused-ring (bicyclic) bond motifs is 1. The van der Waals surface area contributed by atoms with Gasteiger partial charge in [-0.2, -0.15) is 0 Å². The van der Waals surface area contributed by atoms with Crippen LogP contribution >= 0.6 is 11.6 Å². The molecule has 2 aromatic carbocycles. The molecule has 0 amide bonds. The number of carboxylic acids is 1. The highest BCUT2D eigenvalue weighted by Gasteiger charge is 2.21. The maximum absolute atomic E-state index is 13.9. The summed E-state index contributed by atoms with van der Waals surface area (Å²) in [6.45, 7) is 4.32. The van der Waals surface area contributed by atoms with Crippen LogP contribution in [0.15, 0.2) is 48.7 Å². The third-order valence-electron chi connectivity index (χ3n) is 5.69. The Hall–Kier alpha value is -3.09. The first-order valence-corrected chi connectivity index (χ1v) is 11.3. The van der Waals surface area contributed by atoms with E-state index in [1.54, 1.807) is 18.2 Å². The van der Waals surface area contributed by atoms with Crippen molar-refractivity contribution in [3.63, 3.8) is 0 Å². The molecule has 7 heteroatoms. The Labute approximate surface area is 197 Å². The number of aliphatic carboxylic acids is 1. The smallest absolute Gasteiger partial charge is 0.303 e. The number of benzene rings is 2. The van der Waals surface area contributed by atoms with Crippen LogP contribution in [0.2, 0.25) is 5.02 Å². The van der Waals surface area contributed by atoms with E-state index < -0.39 is 5.97 Å². The summed E-state index contributed by atoms with van der Waals surface area (Å²) in [5.41, 5.74) is 4.48. The van der Waals surface area contributed by atoms with Crippen LogP contribution in [0.4, 0.5) is 4.39 Å². The summed E-state index contributed by atoms with van der Waals surface area (Å²) in [6, 6.07) is 12.4. The lowest BCUT2D eigenvalue weighted by molar-refractivity contribution is -0.138. The van der Waals surface area contributed by atoms with Crippen LogP contribution in [0.1, 0.15) is 35.7 Å². The van der Waals surface area contributed by atoms with E-state index >= 15 is 0 Å². The number of hydrogen-bond acceptors (Lipinski definition) is 4. The van der Waals surface area contributed by atoms with Crippen molar-refractivity contribution in [1.82, 2.24) is 14.9 Å². The van der Waals surface area contributed by atoms with Gasteiger partial charge in [0, 0.05) is 60.4 Å². The van der Waals surface area contributed by atoms with E-state index in [1.165, 1.54) is 6.07 Å². The maximum Gasteiger partial charge on any atom is 0.303 e. The van der Waals surface area contributed by atoms with E-state index in [2.05, 4.69) is 9.88 Å². The molecule has 1 N–H and O–H groups in total. The van der Waals surface area contributed by atoms with E-state index in [1.807, 2.05) is 43.5 Å². The summed E-state index contributed by atoms with van der Waals surface area (Å²) < 4.78 is 13.9. The fraction of sp³-hybridized carbons (Fsp3) is 0.269. The van der Waals surface area contributed by atoms with Crippen LogP contribution in [0.5, 0.6) is 0 Å². The van der Waals surface area contributed by atoms with Crippen molar-refractivity contribution in [1.29, 1.82) is 0 Å². The molecule has 0 bridgehead atoms. The average Bonchev–Trinajstić information content (AvgIpc) is 2.78. The molecule has 3 aromatic rings. The zero-order valence-corrected chi connectivity index (χ0v) is 19.1. The second-order valence-corrected chi connectivity index (χ2v) is 8.91. The molecule has 0 saturated carbocycles. The van der Waals surface area contributed by atoms with Crippen molar-refractivity contribution in [3.05, 3.63) is 81.9 Å².